The Morgan fingerprint density at radius 1 is 1.08 bits per heavy atom. The molecule has 0 N–H and O–H groups in total. The monoisotopic (exact) mass is 354 g/mol. The molecule has 0 atom stereocenters. The minimum Gasteiger partial charge on any atom is -0.493 e. The maximum Gasteiger partial charge on any atom is 0.315 e. The average Bonchev–Trinajstić information content (AvgIpc) is 2.91. The first-order valence-corrected chi connectivity index (χ1v) is 8.14. The number of rotatable bonds is 5. The number of nitrogens with zero attached hydrogens (tertiary/aromatic N) is 2. The van der Waals surface area contributed by atoms with Gasteiger partial charge in [-0.05, 0) is 50.2 Å². The predicted octanol–water partition coefficient (Wildman–Crippen LogP) is 3.78. The van der Waals surface area contributed by atoms with E-state index in [-0.39, 0.29) is 12.2 Å². The standard InChI is InChI=1S/C20H19FN2O3/c1-13-17(12-20(24)26-19-7-5-4-6-18(19)25-3)14(2)23(22-13)16-10-8-15(21)9-11-16/h4-11H,12H2,1-3H3. The number of aryl methyl sites for hydroxylation is 1. The summed E-state index contributed by atoms with van der Waals surface area (Å²) in [4.78, 5) is 12.4. The Morgan fingerprint density at radius 3 is 2.38 bits per heavy atom. The maximum atomic E-state index is 13.1. The van der Waals surface area contributed by atoms with Gasteiger partial charge in [0.2, 0.25) is 0 Å². The zero-order valence-electron chi connectivity index (χ0n) is 14.8. The highest BCUT2D eigenvalue weighted by Gasteiger charge is 2.18. The van der Waals surface area contributed by atoms with Crippen LogP contribution < -0.4 is 9.47 Å². The molecule has 0 unspecified atom stereocenters. The molecule has 0 aliphatic carbocycles. The molecule has 0 saturated heterocycles. The van der Waals surface area contributed by atoms with Gasteiger partial charge in [0.05, 0.1) is 24.9 Å². The van der Waals surface area contributed by atoms with Gasteiger partial charge in [0.15, 0.2) is 11.5 Å². The van der Waals surface area contributed by atoms with E-state index in [2.05, 4.69) is 5.10 Å². The highest BCUT2D eigenvalue weighted by atomic mass is 19.1. The first-order valence-electron chi connectivity index (χ1n) is 8.14. The topological polar surface area (TPSA) is 53.4 Å². The molecular weight excluding hydrogens is 335 g/mol. The summed E-state index contributed by atoms with van der Waals surface area (Å²) in [7, 11) is 1.52. The number of ether oxygens (including phenoxy) is 2. The van der Waals surface area contributed by atoms with Crippen molar-refractivity contribution >= 4 is 5.97 Å². The number of carbonyl (C=O) groups excluding carboxylic acids is 1. The quantitative estimate of drug-likeness (QED) is 0.517. The van der Waals surface area contributed by atoms with E-state index in [0.717, 1.165) is 22.6 Å². The lowest BCUT2D eigenvalue weighted by molar-refractivity contribution is -0.133. The molecule has 1 aromatic heterocycles. The first kappa shape index (κ1) is 17.7. The molecule has 3 rings (SSSR count). The van der Waals surface area contributed by atoms with Crippen molar-refractivity contribution in [1.29, 1.82) is 0 Å². The van der Waals surface area contributed by atoms with Gasteiger partial charge in [0, 0.05) is 11.3 Å². The molecule has 2 aromatic carbocycles. The third-order valence-electron chi connectivity index (χ3n) is 4.13. The molecule has 134 valence electrons. The SMILES string of the molecule is COc1ccccc1OC(=O)Cc1c(C)nn(-c2ccc(F)cc2)c1C. The minimum absolute atomic E-state index is 0.0803. The molecule has 6 heteroatoms. The van der Waals surface area contributed by atoms with E-state index >= 15 is 0 Å². The van der Waals surface area contributed by atoms with Crippen molar-refractivity contribution in [2.24, 2.45) is 0 Å². The Morgan fingerprint density at radius 2 is 1.73 bits per heavy atom. The molecule has 0 fully saturated rings. The third kappa shape index (κ3) is 3.59. The largest absolute Gasteiger partial charge is 0.493 e. The fourth-order valence-corrected chi connectivity index (χ4v) is 2.77. The van der Waals surface area contributed by atoms with Gasteiger partial charge < -0.3 is 9.47 Å². The zero-order chi connectivity index (χ0) is 18.7. The van der Waals surface area contributed by atoms with Crippen LogP contribution in [0.4, 0.5) is 4.39 Å². The second-order valence-electron chi connectivity index (χ2n) is 5.84. The molecule has 26 heavy (non-hydrogen) atoms. The molecule has 0 bridgehead atoms. The molecule has 0 spiro atoms. The molecule has 0 aliphatic heterocycles. The first-order chi connectivity index (χ1) is 12.5. The van der Waals surface area contributed by atoms with Crippen LogP contribution in [0.2, 0.25) is 0 Å². The molecule has 0 aliphatic rings. The number of benzene rings is 2. The van der Waals surface area contributed by atoms with Crippen LogP contribution in [-0.4, -0.2) is 22.9 Å². The van der Waals surface area contributed by atoms with Crippen molar-refractivity contribution < 1.29 is 18.7 Å². The molecule has 1 heterocycles. The lowest BCUT2D eigenvalue weighted by atomic mass is 10.1. The summed E-state index contributed by atoms with van der Waals surface area (Å²) in [6, 6.07) is 13.0. The van der Waals surface area contributed by atoms with Crippen LogP contribution in [0.1, 0.15) is 17.0 Å². The molecular formula is C20H19FN2O3. The second-order valence-corrected chi connectivity index (χ2v) is 5.84. The van der Waals surface area contributed by atoms with Crippen LogP contribution in [0, 0.1) is 19.7 Å². The van der Waals surface area contributed by atoms with Crippen molar-refractivity contribution in [3.8, 4) is 17.2 Å². The van der Waals surface area contributed by atoms with Crippen LogP contribution >= 0.6 is 0 Å². The number of methoxy groups -OCH3 is 1. The summed E-state index contributed by atoms with van der Waals surface area (Å²) < 4.78 is 25.4. The highest BCUT2D eigenvalue weighted by molar-refractivity contribution is 5.76. The van der Waals surface area contributed by atoms with Crippen LogP contribution in [-0.2, 0) is 11.2 Å². The number of halogens is 1. The van der Waals surface area contributed by atoms with Gasteiger partial charge in [-0.3, -0.25) is 4.79 Å². The third-order valence-corrected chi connectivity index (χ3v) is 4.13. The number of para-hydroxylation sites is 2. The Kier molecular flexibility index (Phi) is 5.02. The number of esters is 1. The number of carbonyl (C=O) groups is 1. The minimum atomic E-state index is -0.403. The van der Waals surface area contributed by atoms with Gasteiger partial charge in [-0.15, -0.1) is 0 Å². The van der Waals surface area contributed by atoms with E-state index in [4.69, 9.17) is 9.47 Å². The zero-order valence-corrected chi connectivity index (χ0v) is 14.8. The van der Waals surface area contributed by atoms with E-state index in [1.54, 1.807) is 41.1 Å². The van der Waals surface area contributed by atoms with E-state index in [0.29, 0.717) is 11.5 Å². The lowest BCUT2D eigenvalue weighted by Crippen LogP contribution is -2.13. The molecule has 0 saturated carbocycles. The number of aromatic nitrogens is 2. The summed E-state index contributed by atoms with van der Waals surface area (Å²) in [6.07, 6.45) is 0.0803. The molecule has 5 nitrogen and oxygen atoms in total. The smallest absolute Gasteiger partial charge is 0.315 e. The van der Waals surface area contributed by atoms with Gasteiger partial charge in [0.1, 0.15) is 5.82 Å². The Bertz CT molecular complexity index is 933. The van der Waals surface area contributed by atoms with Crippen LogP contribution in [0.5, 0.6) is 11.5 Å². The van der Waals surface area contributed by atoms with Gasteiger partial charge >= 0.3 is 5.97 Å². The summed E-state index contributed by atoms with van der Waals surface area (Å²) in [5, 5.41) is 4.47. The van der Waals surface area contributed by atoms with Crippen molar-refractivity contribution in [2.45, 2.75) is 20.3 Å². The fraction of sp³-hybridized carbons (Fsp3) is 0.200. The fourth-order valence-electron chi connectivity index (χ4n) is 2.77. The van der Waals surface area contributed by atoms with E-state index < -0.39 is 5.97 Å². The average molecular weight is 354 g/mol. The summed E-state index contributed by atoms with van der Waals surface area (Å²) >= 11 is 0. The normalized spacial score (nSPS) is 10.6. The lowest BCUT2D eigenvalue weighted by Gasteiger charge is -2.09. The molecule has 0 amide bonds. The van der Waals surface area contributed by atoms with Crippen molar-refractivity contribution in [1.82, 2.24) is 9.78 Å². The molecule has 0 radical (unpaired) electrons. The van der Waals surface area contributed by atoms with E-state index in [1.807, 2.05) is 13.8 Å². The summed E-state index contributed by atoms with van der Waals surface area (Å²) in [5.74, 6) is 0.160. The predicted molar refractivity (Wildman–Crippen MR) is 95.3 cm³/mol. The van der Waals surface area contributed by atoms with Gasteiger partial charge in [-0.2, -0.15) is 5.10 Å². The Balaban J connectivity index is 1.82. The number of hydrogen-bond donors (Lipinski definition) is 0. The summed E-state index contributed by atoms with van der Waals surface area (Å²) in [6.45, 7) is 3.70. The Labute approximate surface area is 151 Å². The Hall–Kier alpha value is -3.15. The van der Waals surface area contributed by atoms with Crippen molar-refractivity contribution in [3.05, 3.63) is 71.3 Å². The van der Waals surface area contributed by atoms with Crippen molar-refractivity contribution in [3.63, 3.8) is 0 Å². The number of hydrogen-bond acceptors (Lipinski definition) is 4. The van der Waals surface area contributed by atoms with Gasteiger partial charge in [-0.25, -0.2) is 9.07 Å². The summed E-state index contributed by atoms with van der Waals surface area (Å²) in [5.41, 5.74) is 3.06. The second kappa shape index (κ2) is 7.39. The molecule has 3 aromatic rings. The van der Waals surface area contributed by atoms with Gasteiger partial charge in [0.25, 0.3) is 0 Å². The van der Waals surface area contributed by atoms with Crippen LogP contribution in [0.25, 0.3) is 5.69 Å². The maximum absolute atomic E-state index is 13.1. The van der Waals surface area contributed by atoms with E-state index in [1.165, 1.54) is 19.2 Å². The van der Waals surface area contributed by atoms with Crippen molar-refractivity contribution in [2.75, 3.05) is 7.11 Å². The van der Waals surface area contributed by atoms with Crippen LogP contribution in [0.15, 0.2) is 48.5 Å². The van der Waals surface area contributed by atoms with E-state index in [9.17, 15) is 9.18 Å². The highest BCUT2D eigenvalue weighted by Crippen LogP contribution is 2.27. The van der Waals surface area contributed by atoms with Gasteiger partial charge in [-0.1, -0.05) is 12.1 Å². The van der Waals surface area contributed by atoms with Crippen LogP contribution in [0.3, 0.4) is 0 Å².